The average molecular weight is 279 g/mol. The summed E-state index contributed by atoms with van der Waals surface area (Å²) in [5.41, 5.74) is -2.91. The Kier molecular flexibility index (Phi) is 3.84. The molecule has 1 N–H and O–H groups in total. The van der Waals surface area contributed by atoms with Crippen molar-refractivity contribution in [2.75, 3.05) is 0 Å². The van der Waals surface area contributed by atoms with Crippen LogP contribution < -0.4 is 0 Å². The molecule has 1 aromatic rings. The van der Waals surface area contributed by atoms with Gasteiger partial charge in [-0.05, 0) is 31.7 Å². The number of benzene rings is 1. The van der Waals surface area contributed by atoms with Gasteiger partial charge in [0.15, 0.2) is 11.6 Å². The zero-order chi connectivity index (χ0) is 15.0. The molecule has 20 heavy (non-hydrogen) atoms. The lowest BCUT2D eigenvalue weighted by Crippen LogP contribution is -2.46. The minimum atomic E-state index is -1.71. The van der Waals surface area contributed by atoms with Crippen LogP contribution in [0.1, 0.15) is 45.1 Å². The molecule has 1 fully saturated rings. The molecule has 0 spiro atoms. The highest BCUT2D eigenvalue weighted by atomic mass is 19.2. The van der Waals surface area contributed by atoms with Crippen LogP contribution in [-0.4, -0.2) is 5.11 Å². The summed E-state index contributed by atoms with van der Waals surface area (Å²) in [4.78, 5) is 0. The molecule has 108 valence electrons. The fourth-order valence-electron chi connectivity index (χ4n) is 3.34. The molecule has 2 rings (SSSR count). The number of aliphatic hydroxyl groups is 1. The van der Waals surface area contributed by atoms with E-state index in [-0.39, 0.29) is 11.5 Å². The van der Waals surface area contributed by atoms with Gasteiger partial charge in [-0.2, -0.15) is 5.26 Å². The first-order valence-electron chi connectivity index (χ1n) is 6.92. The van der Waals surface area contributed by atoms with Crippen LogP contribution in [0.15, 0.2) is 18.2 Å². The second-order valence-corrected chi connectivity index (χ2v) is 6.07. The number of hydrogen-bond donors (Lipinski definition) is 1. The Morgan fingerprint density at radius 2 is 2.15 bits per heavy atom. The van der Waals surface area contributed by atoms with Crippen molar-refractivity contribution in [2.45, 2.75) is 45.1 Å². The van der Waals surface area contributed by atoms with Gasteiger partial charge in [0.1, 0.15) is 5.60 Å². The van der Waals surface area contributed by atoms with Gasteiger partial charge in [0.05, 0.1) is 11.5 Å². The molecule has 1 aliphatic carbocycles. The first-order chi connectivity index (χ1) is 9.34. The van der Waals surface area contributed by atoms with Crippen LogP contribution >= 0.6 is 0 Å². The van der Waals surface area contributed by atoms with Crippen molar-refractivity contribution in [2.24, 2.45) is 11.3 Å². The Balaban J connectivity index is 2.52. The Hall–Kier alpha value is -1.47. The van der Waals surface area contributed by atoms with Gasteiger partial charge in [-0.1, -0.05) is 31.9 Å². The number of nitrogens with zero attached hydrogens (tertiary/aromatic N) is 1. The van der Waals surface area contributed by atoms with Crippen molar-refractivity contribution in [3.8, 4) is 6.07 Å². The topological polar surface area (TPSA) is 44.0 Å². The SMILES string of the molecule is CC1CCCC(C#N)(C(C)(O)c2cccc(F)c2F)C1. The smallest absolute Gasteiger partial charge is 0.164 e. The van der Waals surface area contributed by atoms with Crippen LogP contribution in [0, 0.1) is 34.3 Å². The van der Waals surface area contributed by atoms with Crippen LogP contribution in [-0.2, 0) is 5.60 Å². The van der Waals surface area contributed by atoms with Gasteiger partial charge in [-0.15, -0.1) is 0 Å². The molecular formula is C16H19F2NO. The van der Waals surface area contributed by atoms with E-state index < -0.39 is 22.7 Å². The zero-order valence-electron chi connectivity index (χ0n) is 11.8. The third-order valence-electron chi connectivity index (χ3n) is 4.62. The van der Waals surface area contributed by atoms with Gasteiger partial charge in [-0.3, -0.25) is 0 Å². The number of nitriles is 1. The monoisotopic (exact) mass is 279 g/mol. The van der Waals surface area contributed by atoms with E-state index in [1.807, 2.05) is 6.92 Å². The Morgan fingerprint density at radius 1 is 1.45 bits per heavy atom. The second-order valence-electron chi connectivity index (χ2n) is 6.07. The number of hydrogen-bond acceptors (Lipinski definition) is 2. The van der Waals surface area contributed by atoms with Crippen molar-refractivity contribution in [1.29, 1.82) is 5.26 Å². The van der Waals surface area contributed by atoms with Crippen LogP contribution in [0.5, 0.6) is 0 Å². The largest absolute Gasteiger partial charge is 0.384 e. The van der Waals surface area contributed by atoms with E-state index in [1.165, 1.54) is 19.1 Å². The van der Waals surface area contributed by atoms with Crippen molar-refractivity contribution >= 4 is 0 Å². The van der Waals surface area contributed by atoms with E-state index in [4.69, 9.17) is 0 Å². The minimum Gasteiger partial charge on any atom is -0.384 e. The normalized spacial score (nSPS) is 29.5. The first-order valence-corrected chi connectivity index (χ1v) is 6.92. The summed E-state index contributed by atoms with van der Waals surface area (Å²) in [6.07, 6.45) is 2.79. The molecule has 1 saturated carbocycles. The molecule has 0 saturated heterocycles. The maximum Gasteiger partial charge on any atom is 0.164 e. The lowest BCUT2D eigenvalue weighted by molar-refractivity contribution is -0.0746. The Labute approximate surface area is 118 Å². The van der Waals surface area contributed by atoms with Crippen LogP contribution in [0.3, 0.4) is 0 Å². The van der Waals surface area contributed by atoms with Gasteiger partial charge in [-0.25, -0.2) is 8.78 Å². The molecule has 0 bridgehead atoms. The number of halogens is 2. The summed E-state index contributed by atoms with van der Waals surface area (Å²) in [7, 11) is 0. The van der Waals surface area contributed by atoms with Gasteiger partial charge >= 0.3 is 0 Å². The quantitative estimate of drug-likeness (QED) is 0.892. The van der Waals surface area contributed by atoms with Crippen molar-refractivity contribution in [1.82, 2.24) is 0 Å². The average Bonchev–Trinajstić information content (AvgIpc) is 2.41. The fourth-order valence-corrected chi connectivity index (χ4v) is 3.34. The summed E-state index contributed by atoms with van der Waals surface area (Å²) in [5, 5.41) is 20.4. The molecule has 3 unspecified atom stereocenters. The minimum absolute atomic E-state index is 0.131. The third-order valence-corrected chi connectivity index (χ3v) is 4.62. The van der Waals surface area contributed by atoms with E-state index in [0.29, 0.717) is 12.8 Å². The van der Waals surface area contributed by atoms with Crippen LogP contribution in [0.25, 0.3) is 0 Å². The maximum atomic E-state index is 14.0. The molecule has 0 aromatic heterocycles. The standard InChI is InChI=1S/C16H19F2NO/c1-11-5-4-8-16(9-11,10-19)15(2,20)12-6-3-7-13(17)14(12)18/h3,6-7,11,20H,4-5,8-9H2,1-2H3. The highest BCUT2D eigenvalue weighted by molar-refractivity contribution is 5.30. The Bertz CT molecular complexity index is 550. The molecule has 1 aliphatic rings. The van der Waals surface area contributed by atoms with Gasteiger partial charge < -0.3 is 5.11 Å². The lowest BCUT2D eigenvalue weighted by atomic mass is 9.60. The lowest BCUT2D eigenvalue weighted by Gasteiger charge is -2.45. The second kappa shape index (κ2) is 5.14. The molecule has 0 aliphatic heterocycles. The van der Waals surface area contributed by atoms with E-state index in [9.17, 15) is 19.1 Å². The molecular weight excluding hydrogens is 260 g/mol. The van der Waals surface area contributed by atoms with Gasteiger partial charge in [0.25, 0.3) is 0 Å². The van der Waals surface area contributed by atoms with E-state index in [0.717, 1.165) is 18.9 Å². The fraction of sp³-hybridized carbons (Fsp3) is 0.562. The summed E-state index contributed by atoms with van der Waals surface area (Å²) in [6.45, 7) is 3.44. The predicted molar refractivity (Wildman–Crippen MR) is 71.6 cm³/mol. The van der Waals surface area contributed by atoms with E-state index in [1.54, 1.807) is 0 Å². The third kappa shape index (κ3) is 2.20. The predicted octanol–water partition coefficient (Wildman–Crippen LogP) is 3.89. The molecule has 1 aromatic carbocycles. The maximum absolute atomic E-state index is 14.0. The zero-order valence-corrected chi connectivity index (χ0v) is 11.8. The first kappa shape index (κ1) is 14.9. The summed E-state index contributed by atoms with van der Waals surface area (Å²) in [5.74, 6) is -1.78. The summed E-state index contributed by atoms with van der Waals surface area (Å²) < 4.78 is 27.4. The molecule has 3 atom stereocenters. The Morgan fingerprint density at radius 3 is 2.75 bits per heavy atom. The molecule has 0 amide bonds. The molecule has 0 radical (unpaired) electrons. The van der Waals surface area contributed by atoms with Crippen LogP contribution in [0.2, 0.25) is 0 Å². The highest BCUT2D eigenvalue weighted by Gasteiger charge is 2.51. The summed E-state index contributed by atoms with van der Waals surface area (Å²) >= 11 is 0. The molecule has 0 heterocycles. The van der Waals surface area contributed by atoms with E-state index >= 15 is 0 Å². The molecule has 2 nitrogen and oxygen atoms in total. The van der Waals surface area contributed by atoms with Crippen LogP contribution in [0.4, 0.5) is 8.78 Å². The molecule has 4 heteroatoms. The summed E-state index contributed by atoms with van der Waals surface area (Å²) in [6, 6.07) is 5.92. The van der Waals surface area contributed by atoms with E-state index in [2.05, 4.69) is 6.07 Å². The van der Waals surface area contributed by atoms with Crippen molar-refractivity contribution < 1.29 is 13.9 Å². The van der Waals surface area contributed by atoms with Gasteiger partial charge in [0, 0.05) is 5.56 Å². The van der Waals surface area contributed by atoms with Crippen molar-refractivity contribution in [3.05, 3.63) is 35.4 Å². The van der Waals surface area contributed by atoms with Gasteiger partial charge in [0.2, 0.25) is 0 Å². The highest BCUT2D eigenvalue weighted by Crippen LogP contribution is 2.51. The number of rotatable bonds is 2. The van der Waals surface area contributed by atoms with Crippen molar-refractivity contribution in [3.63, 3.8) is 0 Å².